The highest BCUT2D eigenvalue weighted by atomic mass is 15.1. The minimum Gasteiger partial charge on any atom is -0.309 e. The first-order chi connectivity index (χ1) is 25.8. The highest BCUT2D eigenvalue weighted by Gasteiger charge is 2.25. The standard InChI is InChI=1S/C49H29N3/c1-2-11-33(12-3-1)51-43-19-8-6-15-37(43)41-28-31(22-25-45(41)51)30-21-24-34-32(27-30)23-26-46-48(34)39-16-7-9-20-44(39)52(46)49-40-18-10-17-38-35-13-4-5-14-36(35)42(29-50-49)47(38)40/h1-29H. The highest BCUT2D eigenvalue weighted by Crippen LogP contribution is 2.48. The van der Waals surface area contributed by atoms with E-state index in [1.54, 1.807) is 0 Å². The van der Waals surface area contributed by atoms with Crippen LogP contribution in [0.1, 0.15) is 0 Å². The van der Waals surface area contributed by atoms with Gasteiger partial charge in [-0.2, -0.15) is 0 Å². The molecule has 0 saturated carbocycles. The van der Waals surface area contributed by atoms with E-state index in [1.165, 1.54) is 98.7 Å². The predicted octanol–water partition coefficient (Wildman–Crippen LogP) is 12.9. The third-order valence-corrected chi connectivity index (χ3v) is 11.3. The van der Waals surface area contributed by atoms with Crippen molar-refractivity contribution in [3.8, 4) is 44.9 Å². The van der Waals surface area contributed by atoms with E-state index in [-0.39, 0.29) is 0 Å². The zero-order valence-electron chi connectivity index (χ0n) is 28.1. The third kappa shape index (κ3) is 3.66. The molecule has 240 valence electrons. The minimum absolute atomic E-state index is 0.971. The smallest absolute Gasteiger partial charge is 0.145 e. The molecule has 1 aliphatic rings. The topological polar surface area (TPSA) is 22.8 Å². The van der Waals surface area contributed by atoms with Crippen LogP contribution in [-0.4, -0.2) is 14.1 Å². The van der Waals surface area contributed by atoms with Crippen LogP contribution in [0.3, 0.4) is 0 Å². The molecule has 3 aromatic heterocycles. The van der Waals surface area contributed by atoms with Gasteiger partial charge in [0.15, 0.2) is 0 Å². The van der Waals surface area contributed by atoms with Crippen molar-refractivity contribution in [2.24, 2.45) is 0 Å². The summed E-state index contributed by atoms with van der Waals surface area (Å²) in [5, 5.41) is 9.95. The molecule has 11 aromatic rings. The van der Waals surface area contributed by atoms with Crippen molar-refractivity contribution in [1.29, 1.82) is 0 Å². The molecule has 12 rings (SSSR count). The maximum atomic E-state index is 5.22. The Morgan fingerprint density at radius 2 is 0.981 bits per heavy atom. The van der Waals surface area contributed by atoms with E-state index >= 15 is 0 Å². The Morgan fingerprint density at radius 3 is 1.85 bits per heavy atom. The Balaban J connectivity index is 1.05. The Bertz CT molecular complexity index is 3260. The molecule has 0 atom stereocenters. The fourth-order valence-electron chi connectivity index (χ4n) is 9.06. The molecule has 0 saturated heterocycles. The molecule has 3 heteroatoms. The zero-order chi connectivity index (χ0) is 33.9. The summed E-state index contributed by atoms with van der Waals surface area (Å²) in [5.74, 6) is 0.971. The van der Waals surface area contributed by atoms with Gasteiger partial charge in [0, 0.05) is 49.8 Å². The first-order valence-electron chi connectivity index (χ1n) is 17.9. The Kier molecular flexibility index (Phi) is 5.50. The van der Waals surface area contributed by atoms with E-state index < -0.39 is 0 Å². The van der Waals surface area contributed by atoms with Gasteiger partial charge in [0.1, 0.15) is 5.82 Å². The van der Waals surface area contributed by atoms with Crippen molar-refractivity contribution in [2.45, 2.75) is 0 Å². The average molecular weight is 660 g/mol. The fraction of sp³-hybridized carbons (Fsp3) is 0. The van der Waals surface area contributed by atoms with Crippen LogP contribution >= 0.6 is 0 Å². The van der Waals surface area contributed by atoms with Crippen LogP contribution < -0.4 is 0 Å². The number of pyridine rings is 1. The largest absolute Gasteiger partial charge is 0.309 e. The van der Waals surface area contributed by atoms with E-state index in [0.717, 1.165) is 11.3 Å². The number of nitrogens with zero attached hydrogens (tertiary/aromatic N) is 3. The van der Waals surface area contributed by atoms with Gasteiger partial charge in [0.05, 0.1) is 22.1 Å². The van der Waals surface area contributed by atoms with Crippen molar-refractivity contribution >= 4 is 65.2 Å². The van der Waals surface area contributed by atoms with Gasteiger partial charge in [0.2, 0.25) is 0 Å². The summed E-state index contributed by atoms with van der Waals surface area (Å²) in [7, 11) is 0. The van der Waals surface area contributed by atoms with Crippen LogP contribution in [-0.2, 0) is 0 Å². The van der Waals surface area contributed by atoms with Crippen LogP contribution in [0.25, 0.3) is 110 Å². The molecule has 0 amide bonds. The van der Waals surface area contributed by atoms with Crippen LogP contribution in [0.15, 0.2) is 176 Å². The summed E-state index contributed by atoms with van der Waals surface area (Å²) in [6.07, 6.45) is 2.08. The van der Waals surface area contributed by atoms with Gasteiger partial charge in [-0.25, -0.2) is 4.98 Å². The van der Waals surface area contributed by atoms with E-state index in [9.17, 15) is 0 Å². The summed E-state index contributed by atoms with van der Waals surface area (Å²) in [6, 6.07) is 62.0. The van der Waals surface area contributed by atoms with Crippen molar-refractivity contribution in [2.75, 3.05) is 0 Å². The van der Waals surface area contributed by atoms with E-state index in [0.29, 0.717) is 0 Å². The summed E-state index contributed by atoms with van der Waals surface area (Å²) in [4.78, 5) is 5.22. The average Bonchev–Trinajstić information content (AvgIpc) is 3.85. The first-order valence-corrected chi connectivity index (χ1v) is 17.9. The molecule has 1 aliphatic carbocycles. The van der Waals surface area contributed by atoms with Gasteiger partial charge in [-0.1, -0.05) is 121 Å². The van der Waals surface area contributed by atoms with E-state index in [2.05, 4.69) is 185 Å². The monoisotopic (exact) mass is 659 g/mol. The first kappa shape index (κ1) is 27.8. The Hall–Kier alpha value is -6.97. The molecule has 0 aliphatic heterocycles. The zero-order valence-corrected chi connectivity index (χ0v) is 28.1. The normalized spacial score (nSPS) is 12.2. The quantitative estimate of drug-likeness (QED) is 0.185. The molecule has 0 N–H and O–H groups in total. The fourth-order valence-corrected chi connectivity index (χ4v) is 9.06. The van der Waals surface area contributed by atoms with Gasteiger partial charge < -0.3 is 4.57 Å². The van der Waals surface area contributed by atoms with Crippen LogP contribution in [0.2, 0.25) is 0 Å². The van der Waals surface area contributed by atoms with Gasteiger partial charge >= 0.3 is 0 Å². The van der Waals surface area contributed by atoms with Gasteiger partial charge in [0.25, 0.3) is 0 Å². The molecular weight excluding hydrogens is 631 g/mol. The third-order valence-electron chi connectivity index (χ3n) is 11.3. The number of hydrogen-bond acceptors (Lipinski definition) is 1. The highest BCUT2D eigenvalue weighted by molar-refractivity contribution is 6.23. The number of benzene rings is 8. The molecular formula is C49H29N3. The lowest BCUT2D eigenvalue weighted by molar-refractivity contribution is 1.10. The second-order valence-corrected chi connectivity index (χ2v) is 13.9. The van der Waals surface area contributed by atoms with Crippen molar-refractivity contribution in [3.63, 3.8) is 0 Å². The molecule has 8 aromatic carbocycles. The second-order valence-electron chi connectivity index (χ2n) is 13.9. The number of hydrogen-bond donors (Lipinski definition) is 0. The van der Waals surface area contributed by atoms with Crippen molar-refractivity contribution in [1.82, 2.24) is 14.1 Å². The van der Waals surface area contributed by atoms with Crippen LogP contribution in [0, 0.1) is 0 Å². The molecule has 0 spiro atoms. The number of rotatable bonds is 3. The summed E-state index contributed by atoms with van der Waals surface area (Å²) in [6.45, 7) is 0. The van der Waals surface area contributed by atoms with Gasteiger partial charge in [-0.05, 0) is 87.1 Å². The summed E-state index contributed by atoms with van der Waals surface area (Å²) >= 11 is 0. The number of para-hydroxylation sites is 3. The number of aromatic nitrogens is 3. The molecule has 0 bridgehead atoms. The minimum atomic E-state index is 0.971. The lowest BCUT2D eigenvalue weighted by Gasteiger charge is -2.12. The molecule has 3 nitrogen and oxygen atoms in total. The van der Waals surface area contributed by atoms with E-state index in [1.807, 2.05) is 0 Å². The molecule has 0 unspecified atom stereocenters. The maximum Gasteiger partial charge on any atom is 0.145 e. The SMILES string of the molecule is c1ccc(-n2c3ccccc3c3cc(-c4ccc5c(ccc6c5c5ccccc5n6-c5ncc6c7c(cccc57)-c5ccccc5-6)c4)ccc32)cc1. The van der Waals surface area contributed by atoms with Crippen LogP contribution in [0.4, 0.5) is 0 Å². The lowest BCUT2D eigenvalue weighted by atomic mass is 9.97. The molecule has 52 heavy (non-hydrogen) atoms. The van der Waals surface area contributed by atoms with E-state index in [4.69, 9.17) is 4.98 Å². The lowest BCUT2D eigenvalue weighted by Crippen LogP contribution is -1.99. The summed E-state index contributed by atoms with van der Waals surface area (Å²) in [5.41, 5.74) is 13.4. The maximum absolute atomic E-state index is 5.22. The predicted molar refractivity (Wildman–Crippen MR) is 218 cm³/mol. The van der Waals surface area contributed by atoms with Crippen molar-refractivity contribution < 1.29 is 0 Å². The Labute approximate surface area is 299 Å². The van der Waals surface area contributed by atoms with Gasteiger partial charge in [-0.3, -0.25) is 4.57 Å². The molecule has 0 radical (unpaired) electrons. The Morgan fingerprint density at radius 1 is 0.346 bits per heavy atom. The van der Waals surface area contributed by atoms with Crippen LogP contribution in [0.5, 0.6) is 0 Å². The molecule has 3 heterocycles. The summed E-state index contributed by atoms with van der Waals surface area (Å²) < 4.78 is 4.75. The van der Waals surface area contributed by atoms with Gasteiger partial charge in [-0.15, -0.1) is 0 Å². The molecule has 0 fully saturated rings. The number of fused-ring (bicyclic) bond motifs is 11. The van der Waals surface area contributed by atoms with Crippen molar-refractivity contribution in [3.05, 3.63) is 176 Å². The second kappa shape index (κ2) is 10.3.